The van der Waals surface area contributed by atoms with E-state index in [2.05, 4.69) is 27.8 Å². The van der Waals surface area contributed by atoms with E-state index in [1.54, 1.807) is 11.2 Å². The molecule has 15 heavy (non-hydrogen) atoms. The second-order valence-corrected chi connectivity index (χ2v) is 4.99. The molecule has 0 fully saturated rings. The van der Waals surface area contributed by atoms with Gasteiger partial charge < -0.3 is 4.57 Å². The zero-order chi connectivity index (χ0) is 10.3. The molecule has 0 unspecified atom stereocenters. The highest BCUT2D eigenvalue weighted by molar-refractivity contribution is 7.15. The highest BCUT2D eigenvalue weighted by Gasteiger charge is 2.17. The molecule has 0 amide bonds. The van der Waals surface area contributed by atoms with E-state index in [4.69, 9.17) is 0 Å². The van der Waals surface area contributed by atoms with Gasteiger partial charge in [0.25, 0.3) is 0 Å². The van der Waals surface area contributed by atoms with Crippen LogP contribution in [0.4, 0.5) is 0 Å². The largest absolute Gasteiger partial charge is 0.313 e. The summed E-state index contributed by atoms with van der Waals surface area (Å²) in [5.74, 6) is 1.02. The van der Waals surface area contributed by atoms with Crippen molar-refractivity contribution < 1.29 is 0 Å². The molecule has 0 radical (unpaired) electrons. The van der Waals surface area contributed by atoms with Gasteiger partial charge in [-0.2, -0.15) is 0 Å². The molecule has 0 N–H and O–H groups in total. The van der Waals surface area contributed by atoms with Crippen LogP contribution in [0.3, 0.4) is 0 Å². The Balaban J connectivity index is 2.05. The summed E-state index contributed by atoms with van der Waals surface area (Å²) >= 11 is 1.89. The first kappa shape index (κ1) is 9.09. The molecule has 0 saturated carbocycles. The van der Waals surface area contributed by atoms with Crippen LogP contribution in [0.25, 0.3) is 10.7 Å². The van der Waals surface area contributed by atoms with Crippen LogP contribution < -0.4 is 0 Å². The molecule has 78 valence electrons. The zero-order valence-corrected chi connectivity index (χ0v) is 9.55. The van der Waals surface area contributed by atoms with Crippen molar-refractivity contribution >= 4 is 11.3 Å². The van der Waals surface area contributed by atoms with Gasteiger partial charge in [-0.05, 0) is 37.8 Å². The molecule has 0 aromatic carbocycles. The van der Waals surface area contributed by atoms with Gasteiger partial charge in [0.05, 0.1) is 4.88 Å². The van der Waals surface area contributed by atoms with Crippen LogP contribution in [-0.2, 0) is 19.4 Å². The van der Waals surface area contributed by atoms with E-state index in [1.165, 1.54) is 29.7 Å². The van der Waals surface area contributed by atoms with Gasteiger partial charge in [0.1, 0.15) is 6.33 Å². The second kappa shape index (κ2) is 3.45. The second-order valence-electron chi connectivity index (χ2n) is 3.85. The summed E-state index contributed by atoms with van der Waals surface area (Å²) in [6.07, 6.45) is 5.62. The van der Waals surface area contributed by atoms with E-state index in [1.807, 2.05) is 11.3 Å². The van der Waals surface area contributed by atoms with Crippen molar-refractivity contribution in [1.29, 1.82) is 0 Å². The van der Waals surface area contributed by atoms with Gasteiger partial charge in [0.15, 0.2) is 5.82 Å². The van der Waals surface area contributed by atoms with Gasteiger partial charge >= 0.3 is 0 Å². The highest BCUT2D eigenvalue weighted by Crippen LogP contribution is 2.35. The molecule has 4 heteroatoms. The summed E-state index contributed by atoms with van der Waals surface area (Å²) in [6.45, 7) is 3.05. The Kier molecular flexibility index (Phi) is 2.09. The molecule has 2 aromatic heterocycles. The molecule has 3 rings (SSSR count). The van der Waals surface area contributed by atoms with Gasteiger partial charge in [-0.25, -0.2) is 0 Å². The molecule has 1 aliphatic rings. The molecule has 0 atom stereocenters. The van der Waals surface area contributed by atoms with Gasteiger partial charge in [0, 0.05) is 11.4 Å². The number of hydrogen-bond acceptors (Lipinski definition) is 3. The fourth-order valence-electron chi connectivity index (χ4n) is 2.12. The lowest BCUT2D eigenvalue weighted by Crippen LogP contribution is -1.94. The minimum absolute atomic E-state index is 0.935. The number of nitrogens with zero attached hydrogens (tertiary/aromatic N) is 3. The smallest absolute Gasteiger partial charge is 0.173 e. The van der Waals surface area contributed by atoms with Crippen molar-refractivity contribution in [2.75, 3.05) is 0 Å². The lowest BCUT2D eigenvalue weighted by Gasteiger charge is -1.99. The van der Waals surface area contributed by atoms with E-state index in [0.29, 0.717) is 0 Å². The van der Waals surface area contributed by atoms with E-state index in [0.717, 1.165) is 12.4 Å². The molecule has 2 aromatic rings. The normalized spacial score (nSPS) is 14.5. The van der Waals surface area contributed by atoms with Crippen LogP contribution in [0.5, 0.6) is 0 Å². The lowest BCUT2D eigenvalue weighted by molar-refractivity contribution is 0.768. The first-order valence-electron chi connectivity index (χ1n) is 5.38. The molecule has 2 heterocycles. The van der Waals surface area contributed by atoms with E-state index < -0.39 is 0 Å². The standard InChI is InChI=1S/C11H13N3S/c1-2-14-7-12-13-11(14)10-6-8-4-3-5-9(8)15-10/h6-7H,2-5H2,1H3. The number of aromatic nitrogens is 3. The summed E-state index contributed by atoms with van der Waals surface area (Å²) in [5, 5.41) is 8.17. The van der Waals surface area contributed by atoms with Gasteiger partial charge in [-0.1, -0.05) is 0 Å². The number of hydrogen-bond donors (Lipinski definition) is 0. The van der Waals surface area contributed by atoms with Crippen molar-refractivity contribution in [2.24, 2.45) is 0 Å². The minimum Gasteiger partial charge on any atom is -0.313 e. The molecule has 3 nitrogen and oxygen atoms in total. The lowest BCUT2D eigenvalue weighted by atomic mass is 10.2. The maximum absolute atomic E-state index is 4.19. The fourth-order valence-corrected chi connectivity index (χ4v) is 3.37. The Hall–Kier alpha value is -1.16. The average Bonchev–Trinajstić information content (AvgIpc) is 2.91. The summed E-state index contributed by atoms with van der Waals surface area (Å²) in [6, 6.07) is 2.29. The minimum atomic E-state index is 0.935. The molecule has 0 spiro atoms. The van der Waals surface area contributed by atoms with E-state index >= 15 is 0 Å². The van der Waals surface area contributed by atoms with Gasteiger partial charge in [-0.15, -0.1) is 21.5 Å². The number of aryl methyl sites for hydroxylation is 3. The molecule has 0 aliphatic heterocycles. The van der Waals surface area contributed by atoms with Crippen LogP contribution in [0.2, 0.25) is 0 Å². The fraction of sp³-hybridized carbons (Fsp3) is 0.455. The van der Waals surface area contributed by atoms with Crippen molar-refractivity contribution in [3.63, 3.8) is 0 Å². The Bertz CT molecular complexity index is 462. The Morgan fingerprint density at radius 2 is 2.40 bits per heavy atom. The molecular formula is C11H13N3S. The SMILES string of the molecule is CCn1cnnc1-c1cc2c(s1)CCC2. The summed E-state index contributed by atoms with van der Waals surface area (Å²) in [7, 11) is 0. The van der Waals surface area contributed by atoms with Crippen molar-refractivity contribution in [2.45, 2.75) is 32.7 Å². The van der Waals surface area contributed by atoms with Gasteiger partial charge in [0.2, 0.25) is 0 Å². The van der Waals surface area contributed by atoms with Crippen molar-refractivity contribution in [1.82, 2.24) is 14.8 Å². The van der Waals surface area contributed by atoms with Gasteiger partial charge in [-0.3, -0.25) is 0 Å². The van der Waals surface area contributed by atoms with Crippen LogP contribution in [0, 0.1) is 0 Å². The van der Waals surface area contributed by atoms with Crippen LogP contribution in [0.15, 0.2) is 12.4 Å². The van der Waals surface area contributed by atoms with Crippen LogP contribution in [-0.4, -0.2) is 14.8 Å². The van der Waals surface area contributed by atoms with Crippen LogP contribution in [0.1, 0.15) is 23.8 Å². The molecule has 0 saturated heterocycles. The molecular weight excluding hydrogens is 206 g/mol. The predicted molar refractivity (Wildman–Crippen MR) is 61.0 cm³/mol. The first-order chi connectivity index (χ1) is 7.38. The Morgan fingerprint density at radius 3 is 3.20 bits per heavy atom. The van der Waals surface area contributed by atoms with Crippen molar-refractivity contribution in [3.8, 4) is 10.7 Å². The monoisotopic (exact) mass is 219 g/mol. The maximum atomic E-state index is 4.19. The third kappa shape index (κ3) is 1.40. The average molecular weight is 219 g/mol. The molecule has 0 bridgehead atoms. The summed E-state index contributed by atoms with van der Waals surface area (Å²) in [4.78, 5) is 2.83. The Labute approximate surface area is 92.8 Å². The van der Waals surface area contributed by atoms with Crippen LogP contribution >= 0.6 is 11.3 Å². The highest BCUT2D eigenvalue weighted by atomic mass is 32.1. The number of rotatable bonds is 2. The predicted octanol–water partition coefficient (Wildman–Crippen LogP) is 2.52. The number of fused-ring (bicyclic) bond motifs is 1. The Morgan fingerprint density at radius 1 is 1.47 bits per heavy atom. The van der Waals surface area contributed by atoms with E-state index in [9.17, 15) is 0 Å². The number of thiophene rings is 1. The topological polar surface area (TPSA) is 30.7 Å². The third-order valence-electron chi connectivity index (χ3n) is 2.92. The molecule has 1 aliphatic carbocycles. The summed E-state index contributed by atoms with van der Waals surface area (Å²) < 4.78 is 2.10. The van der Waals surface area contributed by atoms with Crippen molar-refractivity contribution in [3.05, 3.63) is 22.8 Å². The first-order valence-corrected chi connectivity index (χ1v) is 6.20. The quantitative estimate of drug-likeness (QED) is 0.777. The summed E-state index contributed by atoms with van der Waals surface area (Å²) in [5.41, 5.74) is 1.53. The van der Waals surface area contributed by atoms with E-state index in [-0.39, 0.29) is 0 Å². The third-order valence-corrected chi connectivity index (χ3v) is 4.16. The maximum Gasteiger partial charge on any atom is 0.173 e. The zero-order valence-electron chi connectivity index (χ0n) is 8.73.